The van der Waals surface area contributed by atoms with Crippen molar-refractivity contribution in [3.05, 3.63) is 51.3 Å². The molecule has 9 nitrogen and oxygen atoms in total. The smallest absolute Gasteiger partial charge is 0.312 e. The van der Waals surface area contributed by atoms with Gasteiger partial charge in [0, 0.05) is 12.7 Å². The van der Waals surface area contributed by atoms with Crippen LogP contribution in [0.25, 0.3) is 0 Å². The first-order valence-electron chi connectivity index (χ1n) is 7.59. The maximum absolute atomic E-state index is 12.1. The summed E-state index contributed by atoms with van der Waals surface area (Å²) in [5.41, 5.74) is 1.92. The Morgan fingerprint density at radius 3 is 2.36 bits per heavy atom. The number of aryl methyl sites for hydroxylation is 1. The zero-order chi connectivity index (χ0) is 18.6. The molecule has 0 bridgehead atoms. The second-order valence-corrected chi connectivity index (χ2v) is 5.53. The number of anilines is 1. The average molecular weight is 345 g/mol. The third-order valence-corrected chi connectivity index (χ3v) is 3.70. The Bertz CT molecular complexity index is 811. The van der Waals surface area contributed by atoms with Crippen LogP contribution in [0.2, 0.25) is 0 Å². The Balaban J connectivity index is 2.02. The molecule has 0 spiro atoms. The molecule has 1 heterocycles. The van der Waals surface area contributed by atoms with Crippen molar-refractivity contribution in [2.45, 2.75) is 26.8 Å². The van der Waals surface area contributed by atoms with E-state index in [4.69, 9.17) is 0 Å². The highest BCUT2D eigenvalue weighted by Crippen LogP contribution is 2.21. The molecule has 132 valence electrons. The fraction of sp³-hybridized carbons (Fsp3) is 0.312. The van der Waals surface area contributed by atoms with Gasteiger partial charge in [-0.25, -0.2) is 0 Å². The van der Waals surface area contributed by atoms with Crippen LogP contribution in [0.15, 0.2) is 24.3 Å². The quantitative estimate of drug-likeness (QED) is 0.605. The van der Waals surface area contributed by atoms with Crippen molar-refractivity contribution in [3.8, 4) is 0 Å². The third-order valence-electron chi connectivity index (χ3n) is 3.70. The van der Waals surface area contributed by atoms with Gasteiger partial charge < -0.3 is 10.6 Å². The lowest BCUT2D eigenvalue weighted by molar-refractivity contribution is -0.386. The molecule has 9 heteroatoms. The van der Waals surface area contributed by atoms with Gasteiger partial charge in [0.1, 0.15) is 17.9 Å². The van der Waals surface area contributed by atoms with Crippen LogP contribution < -0.4 is 10.6 Å². The lowest BCUT2D eigenvalue weighted by Gasteiger charge is -2.07. The number of carbonyl (C=O) groups is 2. The van der Waals surface area contributed by atoms with Gasteiger partial charge in [0.05, 0.1) is 11.3 Å². The van der Waals surface area contributed by atoms with E-state index in [0.29, 0.717) is 11.4 Å². The van der Waals surface area contributed by atoms with E-state index in [0.717, 1.165) is 5.56 Å². The highest BCUT2D eigenvalue weighted by atomic mass is 16.6. The number of carbonyl (C=O) groups excluding carboxylic acids is 2. The topological polar surface area (TPSA) is 119 Å². The number of nitrogens with zero attached hydrogens (tertiary/aromatic N) is 3. The summed E-state index contributed by atoms with van der Waals surface area (Å²) in [6.45, 7) is 2.96. The maximum Gasteiger partial charge on any atom is 0.312 e. The minimum Gasteiger partial charge on any atom is -0.359 e. The Morgan fingerprint density at radius 2 is 1.84 bits per heavy atom. The zero-order valence-electron chi connectivity index (χ0n) is 14.2. The lowest BCUT2D eigenvalue weighted by atomic mass is 10.1. The molecule has 25 heavy (non-hydrogen) atoms. The van der Waals surface area contributed by atoms with Crippen molar-refractivity contribution in [2.24, 2.45) is 0 Å². The molecule has 0 saturated heterocycles. The Morgan fingerprint density at radius 1 is 1.20 bits per heavy atom. The third kappa shape index (κ3) is 4.40. The van der Waals surface area contributed by atoms with Crippen LogP contribution in [-0.2, 0) is 22.6 Å². The summed E-state index contributed by atoms with van der Waals surface area (Å²) in [6.07, 6.45) is 0.264. The number of nitro groups is 1. The summed E-state index contributed by atoms with van der Waals surface area (Å²) in [6, 6.07) is 6.89. The maximum atomic E-state index is 12.1. The summed E-state index contributed by atoms with van der Waals surface area (Å²) < 4.78 is 1.31. The summed E-state index contributed by atoms with van der Waals surface area (Å²) >= 11 is 0. The molecule has 0 aliphatic rings. The summed E-state index contributed by atoms with van der Waals surface area (Å²) in [4.78, 5) is 33.9. The molecule has 1 aromatic carbocycles. The molecule has 2 rings (SSSR count). The van der Waals surface area contributed by atoms with E-state index in [2.05, 4.69) is 15.7 Å². The van der Waals surface area contributed by atoms with E-state index in [1.807, 2.05) is 0 Å². The molecule has 0 unspecified atom stereocenters. The molecule has 0 atom stereocenters. The molecule has 0 saturated carbocycles. The monoisotopic (exact) mass is 345 g/mol. The predicted octanol–water partition coefficient (Wildman–Crippen LogP) is 1.34. The van der Waals surface area contributed by atoms with Gasteiger partial charge in [-0.1, -0.05) is 12.1 Å². The molecule has 2 amide bonds. The largest absolute Gasteiger partial charge is 0.359 e. The number of hydrogen-bond acceptors (Lipinski definition) is 5. The van der Waals surface area contributed by atoms with Crippen LogP contribution in [-0.4, -0.2) is 33.6 Å². The summed E-state index contributed by atoms with van der Waals surface area (Å²) in [5, 5.41) is 20.3. The van der Waals surface area contributed by atoms with Crippen molar-refractivity contribution in [1.82, 2.24) is 15.1 Å². The van der Waals surface area contributed by atoms with Gasteiger partial charge in [0.25, 0.3) is 0 Å². The highest BCUT2D eigenvalue weighted by Gasteiger charge is 2.22. The van der Waals surface area contributed by atoms with Crippen LogP contribution in [0, 0.1) is 24.0 Å². The fourth-order valence-corrected chi connectivity index (χ4v) is 2.42. The first-order chi connectivity index (χ1) is 11.8. The van der Waals surface area contributed by atoms with Crippen molar-refractivity contribution in [1.29, 1.82) is 0 Å². The lowest BCUT2D eigenvalue weighted by Crippen LogP contribution is -2.21. The van der Waals surface area contributed by atoms with E-state index >= 15 is 0 Å². The van der Waals surface area contributed by atoms with Crippen LogP contribution in [0.4, 0.5) is 11.4 Å². The van der Waals surface area contributed by atoms with Crippen LogP contribution in [0.1, 0.15) is 17.0 Å². The standard InChI is InChI=1S/C16H19N5O4/c1-10-16(21(24)25)11(2)20(19-10)9-15(23)18-13-6-4-12(5-7-13)8-14(22)17-3/h4-7H,8-9H2,1-3H3,(H,17,22)(H,18,23). The Hall–Kier alpha value is -3.23. The van der Waals surface area contributed by atoms with Gasteiger partial charge in [-0.15, -0.1) is 0 Å². The first-order valence-corrected chi connectivity index (χ1v) is 7.59. The summed E-state index contributed by atoms with van der Waals surface area (Å²) in [7, 11) is 1.57. The van der Waals surface area contributed by atoms with Gasteiger partial charge in [0.2, 0.25) is 11.8 Å². The molecular formula is C16H19N5O4. The number of hydrogen-bond donors (Lipinski definition) is 2. The van der Waals surface area contributed by atoms with Crippen LogP contribution >= 0.6 is 0 Å². The Labute approximate surface area is 144 Å². The molecule has 0 aliphatic heterocycles. The Kier molecular flexibility index (Phi) is 5.48. The number of aromatic nitrogens is 2. The minimum atomic E-state index is -0.503. The second kappa shape index (κ2) is 7.56. The minimum absolute atomic E-state index is 0.0775. The average Bonchev–Trinajstić information content (AvgIpc) is 2.82. The molecule has 0 fully saturated rings. The number of benzene rings is 1. The predicted molar refractivity (Wildman–Crippen MR) is 91.2 cm³/mol. The van der Waals surface area contributed by atoms with Gasteiger partial charge in [-0.05, 0) is 31.5 Å². The van der Waals surface area contributed by atoms with Crippen molar-refractivity contribution in [3.63, 3.8) is 0 Å². The summed E-state index contributed by atoms with van der Waals surface area (Å²) in [5.74, 6) is -0.442. The van der Waals surface area contributed by atoms with Crippen LogP contribution in [0.5, 0.6) is 0 Å². The molecule has 0 aliphatic carbocycles. The van der Waals surface area contributed by atoms with Crippen LogP contribution in [0.3, 0.4) is 0 Å². The van der Waals surface area contributed by atoms with Gasteiger partial charge in [0.15, 0.2) is 0 Å². The molecule has 1 aromatic heterocycles. The number of amides is 2. The highest BCUT2D eigenvalue weighted by molar-refractivity contribution is 5.90. The fourth-order valence-electron chi connectivity index (χ4n) is 2.42. The number of likely N-dealkylation sites (N-methyl/N-ethyl adjacent to an activating group) is 1. The van der Waals surface area contributed by atoms with Crippen molar-refractivity contribution in [2.75, 3.05) is 12.4 Å². The van der Waals surface area contributed by atoms with Crippen molar-refractivity contribution < 1.29 is 14.5 Å². The molecule has 0 radical (unpaired) electrons. The van der Waals surface area contributed by atoms with Gasteiger partial charge in [-0.3, -0.25) is 24.4 Å². The van der Waals surface area contributed by atoms with Crippen molar-refractivity contribution >= 4 is 23.2 Å². The van der Waals surface area contributed by atoms with E-state index in [-0.39, 0.29) is 36.2 Å². The SMILES string of the molecule is CNC(=O)Cc1ccc(NC(=O)Cn2nc(C)c([N+](=O)[O-])c2C)cc1. The van der Waals surface area contributed by atoms with E-state index < -0.39 is 4.92 Å². The number of nitrogens with one attached hydrogen (secondary N) is 2. The van der Waals surface area contributed by atoms with E-state index in [9.17, 15) is 19.7 Å². The number of rotatable bonds is 6. The molecule has 2 aromatic rings. The second-order valence-electron chi connectivity index (χ2n) is 5.53. The van der Waals surface area contributed by atoms with Gasteiger partial charge >= 0.3 is 5.69 Å². The van der Waals surface area contributed by atoms with Gasteiger partial charge in [-0.2, -0.15) is 5.10 Å². The zero-order valence-corrected chi connectivity index (χ0v) is 14.2. The molecule has 2 N–H and O–H groups in total. The molecular weight excluding hydrogens is 326 g/mol. The van der Waals surface area contributed by atoms with E-state index in [1.54, 1.807) is 38.2 Å². The normalized spacial score (nSPS) is 10.4. The first kappa shape index (κ1) is 18.1. The van der Waals surface area contributed by atoms with E-state index in [1.165, 1.54) is 11.6 Å².